The van der Waals surface area contributed by atoms with Crippen molar-refractivity contribution in [2.45, 2.75) is 0 Å². The normalized spacial score (nSPS) is 14.6. The number of para-hydroxylation sites is 2. The molecule has 4 heterocycles. The van der Waals surface area contributed by atoms with Crippen molar-refractivity contribution in [1.82, 2.24) is 15.3 Å². The van der Waals surface area contributed by atoms with Gasteiger partial charge < -0.3 is 4.42 Å². The highest BCUT2D eigenvalue weighted by Gasteiger charge is 2.38. The molecule has 0 spiro atoms. The van der Waals surface area contributed by atoms with Crippen LogP contribution in [-0.2, 0) is 0 Å². The van der Waals surface area contributed by atoms with Crippen molar-refractivity contribution in [2.24, 2.45) is 0 Å². The molecule has 0 saturated heterocycles. The average Bonchev–Trinajstić information content (AvgIpc) is 3.08. The minimum atomic E-state index is -0.435. The molecule has 3 aromatic heterocycles. The summed E-state index contributed by atoms with van der Waals surface area (Å²) in [5.41, 5.74) is 3.75. The summed E-state index contributed by atoms with van der Waals surface area (Å²) in [6.07, 6.45) is 0. The Morgan fingerprint density at radius 2 is 1.35 bits per heavy atom. The summed E-state index contributed by atoms with van der Waals surface area (Å²) < 4.78 is 5.57. The van der Waals surface area contributed by atoms with Crippen molar-refractivity contribution >= 4 is 45.0 Å². The summed E-state index contributed by atoms with van der Waals surface area (Å²) >= 11 is 0. The van der Waals surface area contributed by atoms with Gasteiger partial charge in [-0.3, -0.25) is 14.9 Å². The number of nitrogens with zero attached hydrogens (tertiary/aromatic N) is 2. The van der Waals surface area contributed by atoms with Gasteiger partial charge in [-0.2, -0.15) is 0 Å². The van der Waals surface area contributed by atoms with Gasteiger partial charge in [-0.05, 0) is 12.1 Å². The number of hydrogen-bond acceptors (Lipinski definition) is 5. The van der Waals surface area contributed by atoms with Crippen LogP contribution in [0.15, 0.2) is 28.7 Å². The highest BCUT2D eigenvalue weighted by molar-refractivity contribution is 6.33. The molecule has 4 aromatic rings. The summed E-state index contributed by atoms with van der Waals surface area (Å²) in [4.78, 5) is 32.5. The second kappa shape index (κ2) is 2.93. The van der Waals surface area contributed by atoms with E-state index in [4.69, 9.17) is 4.42 Å². The number of imide groups is 1. The first-order valence-electron chi connectivity index (χ1n) is 6.04. The molecular formula is C14H5N3O3. The molecule has 2 bridgehead atoms. The van der Waals surface area contributed by atoms with Crippen LogP contribution in [0.25, 0.3) is 33.2 Å². The summed E-state index contributed by atoms with van der Waals surface area (Å²) in [5, 5.41) is 2.27. The number of furan rings is 2. The number of carbonyl (C=O) groups is 2. The van der Waals surface area contributed by atoms with Gasteiger partial charge in [0.2, 0.25) is 0 Å². The SMILES string of the molecule is O=C1NC(=O)c2c1c1oc2c2nc3ccccc3nc12. The van der Waals surface area contributed by atoms with Gasteiger partial charge in [-0.25, -0.2) is 9.97 Å². The first-order chi connectivity index (χ1) is 9.74. The quantitative estimate of drug-likeness (QED) is 0.386. The third-order valence-electron chi connectivity index (χ3n) is 3.59. The van der Waals surface area contributed by atoms with Crippen molar-refractivity contribution in [1.29, 1.82) is 0 Å². The highest BCUT2D eigenvalue weighted by atomic mass is 16.3. The molecule has 0 aliphatic carbocycles. The Labute approximate surface area is 110 Å². The standard InChI is InChI=1S/C14H5N3O3/c18-13-7-8(14(19)17-13)12-10-9(11(7)20-12)15-5-3-1-2-4-6(5)16-10/h1-4H,(H,17,18,19). The van der Waals surface area contributed by atoms with Crippen LogP contribution in [0.4, 0.5) is 0 Å². The largest absolute Gasteiger partial charge is 0.451 e. The zero-order chi connectivity index (χ0) is 13.4. The fourth-order valence-electron chi connectivity index (χ4n) is 2.74. The Morgan fingerprint density at radius 1 is 0.850 bits per heavy atom. The van der Waals surface area contributed by atoms with E-state index < -0.39 is 11.8 Å². The van der Waals surface area contributed by atoms with Gasteiger partial charge in [-0.15, -0.1) is 0 Å². The van der Waals surface area contributed by atoms with E-state index in [9.17, 15) is 9.59 Å². The van der Waals surface area contributed by atoms with E-state index in [1.54, 1.807) is 0 Å². The predicted octanol–water partition coefficient (Wildman–Crippen LogP) is 1.85. The maximum atomic E-state index is 11.8. The van der Waals surface area contributed by atoms with E-state index in [1.165, 1.54) is 0 Å². The van der Waals surface area contributed by atoms with Crippen LogP contribution in [-0.4, -0.2) is 21.8 Å². The molecular weight excluding hydrogens is 258 g/mol. The maximum absolute atomic E-state index is 11.8. The second-order valence-corrected chi connectivity index (χ2v) is 4.70. The van der Waals surface area contributed by atoms with Gasteiger partial charge in [0.25, 0.3) is 11.8 Å². The molecule has 1 N–H and O–H groups in total. The molecule has 1 aliphatic heterocycles. The lowest BCUT2D eigenvalue weighted by Crippen LogP contribution is -2.20. The zero-order valence-electron chi connectivity index (χ0n) is 9.93. The summed E-state index contributed by atoms with van der Waals surface area (Å²) in [5.74, 6) is -0.869. The lowest BCUT2D eigenvalue weighted by atomic mass is 10.1. The van der Waals surface area contributed by atoms with Gasteiger partial charge in [-0.1, -0.05) is 12.1 Å². The molecule has 1 aromatic carbocycles. The average molecular weight is 263 g/mol. The van der Waals surface area contributed by atoms with Crippen LogP contribution < -0.4 is 5.32 Å². The molecule has 94 valence electrons. The fourth-order valence-corrected chi connectivity index (χ4v) is 2.74. The maximum Gasteiger partial charge on any atom is 0.262 e. The fraction of sp³-hybridized carbons (Fsp3) is 0. The third kappa shape index (κ3) is 0.934. The van der Waals surface area contributed by atoms with E-state index in [0.29, 0.717) is 22.2 Å². The number of hydrogen-bond donors (Lipinski definition) is 1. The predicted molar refractivity (Wildman–Crippen MR) is 69.8 cm³/mol. The number of amides is 2. The number of rotatable bonds is 0. The molecule has 1 aliphatic rings. The van der Waals surface area contributed by atoms with E-state index >= 15 is 0 Å². The Hall–Kier alpha value is -3.02. The first-order valence-corrected chi connectivity index (χ1v) is 6.04. The van der Waals surface area contributed by atoms with Crippen LogP contribution in [0.5, 0.6) is 0 Å². The van der Waals surface area contributed by atoms with Gasteiger partial charge in [0.05, 0.1) is 11.0 Å². The van der Waals surface area contributed by atoms with E-state index in [0.717, 1.165) is 11.0 Å². The van der Waals surface area contributed by atoms with Gasteiger partial charge in [0.15, 0.2) is 11.2 Å². The van der Waals surface area contributed by atoms with Crippen molar-refractivity contribution in [3.8, 4) is 0 Å². The van der Waals surface area contributed by atoms with Crippen molar-refractivity contribution in [3.63, 3.8) is 0 Å². The Kier molecular flexibility index (Phi) is 1.44. The van der Waals surface area contributed by atoms with E-state index in [1.807, 2.05) is 24.3 Å². The van der Waals surface area contributed by atoms with Gasteiger partial charge >= 0.3 is 0 Å². The Morgan fingerprint density at radius 3 is 1.85 bits per heavy atom. The molecule has 0 atom stereocenters. The molecule has 0 unspecified atom stereocenters. The van der Waals surface area contributed by atoms with Gasteiger partial charge in [0, 0.05) is 0 Å². The number of nitrogens with one attached hydrogen (secondary N) is 1. The topological polar surface area (TPSA) is 85.1 Å². The van der Waals surface area contributed by atoms with Crippen LogP contribution >= 0.6 is 0 Å². The smallest absolute Gasteiger partial charge is 0.262 e. The number of fused-ring (bicyclic) bond motifs is 9. The lowest BCUT2D eigenvalue weighted by Gasteiger charge is -1.98. The van der Waals surface area contributed by atoms with Crippen molar-refractivity contribution in [2.75, 3.05) is 0 Å². The first kappa shape index (κ1) is 9.85. The summed E-state index contributed by atoms with van der Waals surface area (Å²) in [7, 11) is 0. The molecule has 0 radical (unpaired) electrons. The Balaban J connectivity index is 2.05. The molecule has 6 heteroatoms. The van der Waals surface area contributed by atoms with Crippen LogP contribution in [0.2, 0.25) is 0 Å². The number of aromatic nitrogens is 2. The number of benzene rings is 2. The molecule has 2 amide bonds. The summed E-state index contributed by atoms with van der Waals surface area (Å²) in [6, 6.07) is 7.42. The molecule has 20 heavy (non-hydrogen) atoms. The van der Waals surface area contributed by atoms with E-state index in [-0.39, 0.29) is 11.1 Å². The Bertz CT molecular complexity index is 982. The summed E-state index contributed by atoms with van der Waals surface area (Å²) in [6.45, 7) is 0. The zero-order valence-corrected chi connectivity index (χ0v) is 9.93. The minimum Gasteiger partial charge on any atom is -0.451 e. The van der Waals surface area contributed by atoms with E-state index in [2.05, 4.69) is 15.3 Å². The van der Waals surface area contributed by atoms with Crippen molar-refractivity contribution < 1.29 is 14.0 Å². The monoisotopic (exact) mass is 263 g/mol. The minimum absolute atomic E-state index is 0.280. The molecule has 0 saturated carbocycles. The van der Waals surface area contributed by atoms with Gasteiger partial charge in [0.1, 0.15) is 22.2 Å². The molecule has 0 fully saturated rings. The van der Waals surface area contributed by atoms with Crippen LogP contribution in [0, 0.1) is 0 Å². The molecule has 6 nitrogen and oxygen atoms in total. The molecule has 5 rings (SSSR count). The lowest BCUT2D eigenvalue weighted by molar-refractivity contribution is 0.0879. The van der Waals surface area contributed by atoms with Crippen LogP contribution in [0.3, 0.4) is 0 Å². The number of carbonyl (C=O) groups excluding carboxylic acids is 2. The second-order valence-electron chi connectivity index (χ2n) is 4.70. The highest BCUT2D eigenvalue weighted by Crippen LogP contribution is 2.39. The van der Waals surface area contributed by atoms with Crippen molar-refractivity contribution in [3.05, 3.63) is 35.4 Å². The third-order valence-corrected chi connectivity index (χ3v) is 3.59. The van der Waals surface area contributed by atoms with Crippen LogP contribution in [0.1, 0.15) is 20.7 Å².